The van der Waals surface area contributed by atoms with Gasteiger partial charge in [-0.1, -0.05) is 0 Å². The number of benzene rings is 1. The molecule has 6 N–H and O–H groups in total. The number of nitrogen functional groups attached to an aromatic ring is 2. The van der Waals surface area contributed by atoms with Crippen molar-refractivity contribution in [3.63, 3.8) is 0 Å². The molecule has 1 aromatic carbocycles. The summed E-state index contributed by atoms with van der Waals surface area (Å²) >= 11 is 0. The minimum atomic E-state index is -0.427. The molecule has 0 spiro atoms. The molecule has 0 saturated carbocycles. The summed E-state index contributed by atoms with van der Waals surface area (Å²) in [6.07, 6.45) is 0.0877. The van der Waals surface area contributed by atoms with Crippen molar-refractivity contribution in [1.82, 2.24) is 5.32 Å². The largest absolute Gasteiger partial charge is 0.399 e. The van der Waals surface area contributed by atoms with Crippen molar-refractivity contribution >= 4 is 17.3 Å². The molecule has 0 radical (unpaired) electrons. The molecule has 5 heteroatoms. The average molecular weight is 223 g/mol. The van der Waals surface area contributed by atoms with Crippen LogP contribution >= 0.6 is 0 Å². The van der Waals surface area contributed by atoms with Gasteiger partial charge in [0.1, 0.15) is 0 Å². The second-order valence-corrected chi connectivity index (χ2v) is 3.74. The molecule has 1 aromatic rings. The molecular formula is C11H17N3O2. The summed E-state index contributed by atoms with van der Waals surface area (Å²) in [7, 11) is 0. The van der Waals surface area contributed by atoms with Crippen molar-refractivity contribution in [2.75, 3.05) is 18.0 Å². The maximum Gasteiger partial charge on any atom is 0.253 e. The van der Waals surface area contributed by atoms with E-state index in [9.17, 15) is 4.79 Å². The summed E-state index contributed by atoms with van der Waals surface area (Å²) in [5.74, 6) is -0.252. The first-order valence-corrected chi connectivity index (χ1v) is 5.12. The van der Waals surface area contributed by atoms with Crippen LogP contribution in [0.3, 0.4) is 0 Å². The number of aliphatic hydroxyl groups excluding tert-OH is 1. The van der Waals surface area contributed by atoms with Crippen molar-refractivity contribution in [2.24, 2.45) is 0 Å². The first-order valence-electron chi connectivity index (χ1n) is 5.12. The lowest BCUT2D eigenvalue weighted by molar-refractivity contribution is 0.0946. The van der Waals surface area contributed by atoms with Gasteiger partial charge in [-0.05, 0) is 31.5 Å². The zero-order valence-corrected chi connectivity index (χ0v) is 9.23. The number of anilines is 2. The molecule has 1 unspecified atom stereocenters. The molecule has 1 rings (SSSR count). The minimum absolute atomic E-state index is 0.252. The van der Waals surface area contributed by atoms with Crippen molar-refractivity contribution in [2.45, 2.75) is 19.4 Å². The summed E-state index contributed by atoms with van der Waals surface area (Å²) in [4.78, 5) is 11.6. The molecule has 1 atom stereocenters. The van der Waals surface area contributed by atoms with E-state index < -0.39 is 6.10 Å². The van der Waals surface area contributed by atoms with Crippen LogP contribution in [0, 0.1) is 0 Å². The highest BCUT2D eigenvalue weighted by atomic mass is 16.3. The molecule has 0 aliphatic carbocycles. The van der Waals surface area contributed by atoms with Crippen molar-refractivity contribution in [1.29, 1.82) is 0 Å². The second kappa shape index (κ2) is 5.37. The zero-order chi connectivity index (χ0) is 12.1. The Morgan fingerprint density at radius 1 is 1.50 bits per heavy atom. The summed E-state index contributed by atoms with van der Waals surface area (Å²) in [5, 5.41) is 11.7. The molecular weight excluding hydrogens is 206 g/mol. The van der Waals surface area contributed by atoms with E-state index in [4.69, 9.17) is 16.6 Å². The monoisotopic (exact) mass is 223 g/mol. The Labute approximate surface area is 94.4 Å². The average Bonchev–Trinajstić information content (AvgIpc) is 2.16. The van der Waals surface area contributed by atoms with Gasteiger partial charge in [0.05, 0.1) is 11.7 Å². The van der Waals surface area contributed by atoms with Gasteiger partial charge in [-0.25, -0.2) is 0 Å². The maximum absolute atomic E-state index is 11.6. The second-order valence-electron chi connectivity index (χ2n) is 3.74. The van der Waals surface area contributed by atoms with E-state index in [0.717, 1.165) is 0 Å². The van der Waals surface area contributed by atoms with Gasteiger partial charge in [0.25, 0.3) is 5.91 Å². The van der Waals surface area contributed by atoms with E-state index in [1.54, 1.807) is 25.1 Å². The molecule has 0 aromatic heterocycles. The predicted octanol–water partition coefficient (Wildman–Crippen LogP) is 0.352. The number of hydrogen-bond donors (Lipinski definition) is 4. The number of nitrogens with two attached hydrogens (primary N) is 2. The van der Waals surface area contributed by atoms with Gasteiger partial charge in [-0.3, -0.25) is 4.79 Å². The zero-order valence-electron chi connectivity index (χ0n) is 9.23. The quantitative estimate of drug-likeness (QED) is 0.553. The van der Waals surface area contributed by atoms with Gasteiger partial charge in [0, 0.05) is 17.9 Å². The molecule has 0 bridgehead atoms. The van der Waals surface area contributed by atoms with Gasteiger partial charge < -0.3 is 21.9 Å². The highest BCUT2D eigenvalue weighted by molar-refractivity contribution is 5.99. The van der Waals surface area contributed by atoms with Crippen LogP contribution in [0.25, 0.3) is 0 Å². The summed E-state index contributed by atoms with van der Waals surface area (Å²) in [5.41, 5.74) is 12.5. The van der Waals surface area contributed by atoms with Gasteiger partial charge in [0.15, 0.2) is 0 Å². The standard InChI is InChI=1S/C11H17N3O2/c1-7(15)4-5-14-11(16)9-3-2-8(12)6-10(9)13/h2-3,6-7,15H,4-5,12-13H2,1H3,(H,14,16). The summed E-state index contributed by atoms with van der Waals surface area (Å²) in [6, 6.07) is 4.76. The van der Waals surface area contributed by atoms with Gasteiger partial charge in [0.2, 0.25) is 0 Å². The van der Waals surface area contributed by atoms with E-state index in [1.165, 1.54) is 0 Å². The molecule has 0 fully saturated rings. The fourth-order valence-corrected chi connectivity index (χ4v) is 1.28. The summed E-state index contributed by atoms with van der Waals surface area (Å²) in [6.45, 7) is 2.09. The third kappa shape index (κ3) is 3.43. The Hall–Kier alpha value is -1.75. The van der Waals surface area contributed by atoms with Crippen LogP contribution in [0.2, 0.25) is 0 Å². The van der Waals surface area contributed by atoms with Gasteiger partial charge >= 0.3 is 0 Å². The Kier molecular flexibility index (Phi) is 4.13. The molecule has 5 nitrogen and oxygen atoms in total. The molecule has 0 heterocycles. The van der Waals surface area contributed by atoms with Crippen LogP contribution < -0.4 is 16.8 Å². The normalized spacial score (nSPS) is 12.1. The summed E-state index contributed by atoms with van der Waals surface area (Å²) < 4.78 is 0. The molecule has 16 heavy (non-hydrogen) atoms. The Balaban J connectivity index is 2.59. The van der Waals surface area contributed by atoms with Crippen LogP contribution in [-0.2, 0) is 0 Å². The smallest absolute Gasteiger partial charge is 0.253 e. The lowest BCUT2D eigenvalue weighted by Crippen LogP contribution is -2.27. The third-order valence-corrected chi connectivity index (χ3v) is 2.17. The number of rotatable bonds is 4. The molecule has 1 amide bonds. The lowest BCUT2D eigenvalue weighted by atomic mass is 10.1. The molecule has 88 valence electrons. The first-order chi connectivity index (χ1) is 7.50. The minimum Gasteiger partial charge on any atom is -0.399 e. The molecule has 0 aliphatic heterocycles. The number of hydrogen-bond acceptors (Lipinski definition) is 4. The SMILES string of the molecule is CC(O)CCNC(=O)c1ccc(N)cc1N. The van der Waals surface area contributed by atoms with Crippen LogP contribution in [0.5, 0.6) is 0 Å². The van der Waals surface area contributed by atoms with E-state index in [1.807, 2.05) is 0 Å². The number of nitrogens with one attached hydrogen (secondary N) is 1. The van der Waals surface area contributed by atoms with Gasteiger partial charge in [-0.15, -0.1) is 0 Å². The number of amides is 1. The van der Waals surface area contributed by atoms with Crippen molar-refractivity contribution in [3.8, 4) is 0 Å². The number of carbonyl (C=O) groups is 1. The third-order valence-electron chi connectivity index (χ3n) is 2.17. The highest BCUT2D eigenvalue weighted by Crippen LogP contribution is 2.15. The fraction of sp³-hybridized carbons (Fsp3) is 0.364. The van der Waals surface area contributed by atoms with E-state index in [2.05, 4.69) is 5.32 Å². The van der Waals surface area contributed by atoms with Crippen molar-refractivity contribution in [3.05, 3.63) is 23.8 Å². The Morgan fingerprint density at radius 2 is 2.19 bits per heavy atom. The van der Waals surface area contributed by atoms with Crippen molar-refractivity contribution < 1.29 is 9.90 Å². The topological polar surface area (TPSA) is 101 Å². The van der Waals surface area contributed by atoms with Crippen LogP contribution in [0.15, 0.2) is 18.2 Å². The maximum atomic E-state index is 11.6. The molecule has 0 saturated heterocycles. The van der Waals surface area contributed by atoms with Crippen LogP contribution in [0.1, 0.15) is 23.7 Å². The molecule has 0 aliphatic rings. The first kappa shape index (κ1) is 12.3. The Bertz CT molecular complexity index is 377. The van der Waals surface area contributed by atoms with E-state index in [-0.39, 0.29) is 5.91 Å². The van der Waals surface area contributed by atoms with E-state index in [0.29, 0.717) is 29.9 Å². The van der Waals surface area contributed by atoms with Crippen LogP contribution in [0.4, 0.5) is 11.4 Å². The van der Waals surface area contributed by atoms with Crippen LogP contribution in [-0.4, -0.2) is 23.7 Å². The fourth-order valence-electron chi connectivity index (χ4n) is 1.28. The number of carbonyl (C=O) groups excluding carboxylic acids is 1. The predicted molar refractivity (Wildman–Crippen MR) is 63.9 cm³/mol. The Morgan fingerprint density at radius 3 is 2.75 bits per heavy atom. The lowest BCUT2D eigenvalue weighted by Gasteiger charge is -2.09. The van der Waals surface area contributed by atoms with Gasteiger partial charge in [-0.2, -0.15) is 0 Å². The number of aliphatic hydroxyl groups is 1. The highest BCUT2D eigenvalue weighted by Gasteiger charge is 2.09. The van der Waals surface area contributed by atoms with E-state index >= 15 is 0 Å².